The lowest BCUT2D eigenvalue weighted by Crippen LogP contribution is -2.12. The third-order valence-corrected chi connectivity index (χ3v) is 6.26. The molecule has 0 radical (unpaired) electrons. The maximum atomic E-state index is 13.3. The van der Waals surface area contributed by atoms with Crippen LogP contribution in [0.1, 0.15) is 15.2 Å². The number of aromatic nitrogens is 1. The minimum atomic E-state index is -0.140. The van der Waals surface area contributed by atoms with Crippen LogP contribution in [0.15, 0.2) is 109 Å². The number of aryl methyl sites for hydroxylation is 1. The van der Waals surface area contributed by atoms with E-state index in [1.54, 1.807) is 0 Å². The van der Waals surface area contributed by atoms with Gasteiger partial charge in [-0.3, -0.25) is 4.79 Å². The van der Waals surface area contributed by atoms with Crippen molar-refractivity contribution >= 4 is 22.9 Å². The van der Waals surface area contributed by atoms with Gasteiger partial charge in [0.05, 0.1) is 5.69 Å². The molecule has 0 fully saturated rings. The van der Waals surface area contributed by atoms with Crippen molar-refractivity contribution in [2.45, 2.75) is 6.92 Å². The number of hydrogen-bond acceptors (Lipinski definition) is 3. The van der Waals surface area contributed by atoms with Gasteiger partial charge in [-0.15, -0.1) is 11.3 Å². The number of nitrogens with one attached hydrogen (secondary N) is 1. The predicted molar refractivity (Wildman–Crippen MR) is 135 cm³/mol. The van der Waals surface area contributed by atoms with E-state index >= 15 is 0 Å². The maximum Gasteiger partial charge on any atom is 0.267 e. The predicted octanol–water partition coefficient (Wildman–Crippen LogP) is 7.56. The summed E-state index contributed by atoms with van der Waals surface area (Å²) >= 11 is 1.45. The smallest absolute Gasteiger partial charge is 0.267 e. The molecule has 2 aromatic heterocycles. The molecule has 3 aromatic carbocycles. The summed E-state index contributed by atoms with van der Waals surface area (Å²) in [6.07, 6.45) is 3.93. The molecule has 5 aromatic rings. The van der Waals surface area contributed by atoms with Crippen LogP contribution in [0.2, 0.25) is 0 Å². The highest BCUT2D eigenvalue weighted by Crippen LogP contribution is 2.35. The number of ether oxygens (including phenoxy) is 1. The van der Waals surface area contributed by atoms with Crippen molar-refractivity contribution in [1.82, 2.24) is 4.57 Å². The van der Waals surface area contributed by atoms with E-state index in [1.807, 2.05) is 89.1 Å². The Balaban J connectivity index is 1.40. The molecular weight excluding hydrogens is 428 g/mol. The van der Waals surface area contributed by atoms with Crippen LogP contribution in [0.3, 0.4) is 0 Å². The lowest BCUT2D eigenvalue weighted by molar-refractivity contribution is 0.103. The molecule has 0 atom stereocenters. The number of thiophene rings is 1. The van der Waals surface area contributed by atoms with E-state index in [2.05, 4.69) is 36.5 Å². The fourth-order valence-electron chi connectivity index (χ4n) is 3.61. The van der Waals surface area contributed by atoms with E-state index in [9.17, 15) is 4.79 Å². The van der Waals surface area contributed by atoms with Gasteiger partial charge in [-0.2, -0.15) is 0 Å². The van der Waals surface area contributed by atoms with Gasteiger partial charge < -0.3 is 14.6 Å². The topological polar surface area (TPSA) is 43.3 Å². The van der Waals surface area contributed by atoms with Crippen molar-refractivity contribution in [2.24, 2.45) is 0 Å². The SMILES string of the molecule is Cc1ccc(-c2csc(C(=O)Nc3ccc(Oc4ccccc4)cc3)c2-n2cccc2)cc1. The molecule has 0 spiro atoms. The lowest BCUT2D eigenvalue weighted by atomic mass is 10.0. The molecule has 2 heterocycles. The lowest BCUT2D eigenvalue weighted by Gasteiger charge is -2.11. The summed E-state index contributed by atoms with van der Waals surface area (Å²) < 4.78 is 7.84. The second kappa shape index (κ2) is 9.18. The normalized spacial score (nSPS) is 10.7. The number of nitrogens with zero attached hydrogens (tertiary/aromatic N) is 1. The zero-order valence-corrected chi connectivity index (χ0v) is 18.9. The van der Waals surface area contributed by atoms with Crippen molar-refractivity contribution in [3.8, 4) is 28.3 Å². The second-order valence-electron chi connectivity index (χ2n) is 7.68. The van der Waals surface area contributed by atoms with Crippen LogP contribution in [-0.2, 0) is 0 Å². The van der Waals surface area contributed by atoms with Crippen molar-refractivity contribution in [3.05, 3.63) is 119 Å². The summed E-state index contributed by atoms with van der Waals surface area (Å²) in [6, 6.07) is 29.3. The number of hydrogen-bond donors (Lipinski definition) is 1. The van der Waals surface area contributed by atoms with Gasteiger partial charge in [0.25, 0.3) is 5.91 Å². The van der Waals surface area contributed by atoms with Crippen LogP contribution < -0.4 is 10.1 Å². The molecule has 1 amide bonds. The van der Waals surface area contributed by atoms with E-state index in [4.69, 9.17) is 4.74 Å². The van der Waals surface area contributed by atoms with E-state index < -0.39 is 0 Å². The third kappa shape index (κ3) is 4.59. The first-order chi connectivity index (χ1) is 16.2. The highest BCUT2D eigenvalue weighted by molar-refractivity contribution is 7.13. The summed E-state index contributed by atoms with van der Waals surface area (Å²) in [5, 5.41) is 5.08. The number of anilines is 1. The summed E-state index contributed by atoms with van der Waals surface area (Å²) in [5.74, 6) is 1.34. The summed E-state index contributed by atoms with van der Waals surface area (Å²) in [4.78, 5) is 13.9. The Morgan fingerprint density at radius 2 is 1.48 bits per heavy atom. The van der Waals surface area contributed by atoms with E-state index in [0.717, 1.165) is 22.6 Å². The molecule has 5 rings (SSSR count). The molecule has 0 unspecified atom stereocenters. The average Bonchev–Trinajstić information content (AvgIpc) is 3.51. The quantitative estimate of drug-likeness (QED) is 0.290. The molecule has 33 heavy (non-hydrogen) atoms. The first-order valence-electron chi connectivity index (χ1n) is 10.6. The number of rotatable bonds is 6. The zero-order valence-electron chi connectivity index (χ0n) is 18.1. The highest BCUT2D eigenvalue weighted by Gasteiger charge is 2.20. The first kappa shape index (κ1) is 20.8. The Morgan fingerprint density at radius 3 is 2.18 bits per heavy atom. The van der Waals surface area contributed by atoms with Crippen LogP contribution in [0.25, 0.3) is 16.8 Å². The number of para-hydroxylation sites is 1. The van der Waals surface area contributed by atoms with Gasteiger partial charge in [0.1, 0.15) is 16.4 Å². The molecule has 162 valence electrons. The van der Waals surface area contributed by atoms with Gasteiger partial charge in [0.2, 0.25) is 0 Å². The molecule has 4 nitrogen and oxygen atoms in total. The Morgan fingerprint density at radius 1 is 0.818 bits per heavy atom. The number of carbonyl (C=O) groups excluding carboxylic acids is 1. The number of benzene rings is 3. The van der Waals surface area contributed by atoms with Gasteiger partial charge in [-0.25, -0.2) is 0 Å². The Hall–Kier alpha value is -4.09. The third-order valence-electron chi connectivity index (χ3n) is 5.29. The Kier molecular flexibility index (Phi) is 5.79. The average molecular weight is 451 g/mol. The van der Waals surface area contributed by atoms with Gasteiger partial charge >= 0.3 is 0 Å². The number of carbonyl (C=O) groups is 1. The molecule has 0 aliphatic heterocycles. The second-order valence-corrected chi connectivity index (χ2v) is 8.56. The Labute approximate surface area is 196 Å². The van der Waals surface area contributed by atoms with Gasteiger partial charge in [0.15, 0.2) is 0 Å². The molecule has 0 saturated heterocycles. The van der Waals surface area contributed by atoms with Crippen LogP contribution in [0, 0.1) is 6.92 Å². The summed E-state index contributed by atoms with van der Waals surface area (Å²) in [7, 11) is 0. The monoisotopic (exact) mass is 450 g/mol. The molecule has 1 N–H and O–H groups in total. The maximum absolute atomic E-state index is 13.3. The molecule has 0 saturated carbocycles. The van der Waals surface area contributed by atoms with E-state index in [-0.39, 0.29) is 5.91 Å². The van der Waals surface area contributed by atoms with Crippen molar-refractivity contribution in [1.29, 1.82) is 0 Å². The summed E-state index contributed by atoms with van der Waals surface area (Å²) in [6.45, 7) is 2.07. The van der Waals surface area contributed by atoms with Crippen LogP contribution >= 0.6 is 11.3 Å². The molecule has 0 aliphatic carbocycles. The summed E-state index contributed by atoms with van der Waals surface area (Å²) in [5.41, 5.74) is 4.92. The van der Waals surface area contributed by atoms with Crippen LogP contribution in [-0.4, -0.2) is 10.5 Å². The first-order valence-corrected chi connectivity index (χ1v) is 11.5. The van der Waals surface area contributed by atoms with Crippen molar-refractivity contribution in [2.75, 3.05) is 5.32 Å². The number of amides is 1. The van der Waals surface area contributed by atoms with Gasteiger partial charge in [-0.1, -0.05) is 48.0 Å². The zero-order chi connectivity index (χ0) is 22.6. The molecule has 0 aliphatic rings. The minimum Gasteiger partial charge on any atom is -0.457 e. The van der Waals surface area contributed by atoms with Crippen molar-refractivity contribution < 1.29 is 9.53 Å². The van der Waals surface area contributed by atoms with E-state index in [0.29, 0.717) is 16.3 Å². The van der Waals surface area contributed by atoms with Gasteiger partial charge in [0, 0.05) is 29.0 Å². The van der Waals surface area contributed by atoms with Crippen LogP contribution in [0.4, 0.5) is 5.69 Å². The molecule has 0 bridgehead atoms. The largest absolute Gasteiger partial charge is 0.457 e. The minimum absolute atomic E-state index is 0.140. The standard InChI is InChI=1S/C28H22N2O2S/c1-20-9-11-21(12-10-20)25-19-33-27(26(25)30-17-5-6-18-30)28(31)29-22-13-15-24(16-14-22)32-23-7-3-2-4-8-23/h2-19H,1H3,(H,29,31). The van der Waals surface area contributed by atoms with Crippen molar-refractivity contribution in [3.63, 3.8) is 0 Å². The Bertz CT molecular complexity index is 1350. The highest BCUT2D eigenvalue weighted by atomic mass is 32.1. The fraction of sp³-hybridized carbons (Fsp3) is 0.0357. The molecular formula is C28H22N2O2S. The van der Waals surface area contributed by atoms with E-state index in [1.165, 1.54) is 16.9 Å². The fourth-order valence-corrected chi connectivity index (χ4v) is 4.58. The van der Waals surface area contributed by atoms with Gasteiger partial charge in [-0.05, 0) is 61.0 Å². The molecule has 5 heteroatoms. The van der Waals surface area contributed by atoms with Crippen LogP contribution in [0.5, 0.6) is 11.5 Å².